The van der Waals surface area contributed by atoms with Crippen LogP contribution in [0.5, 0.6) is 11.5 Å². The van der Waals surface area contributed by atoms with Crippen LogP contribution >= 0.6 is 0 Å². The van der Waals surface area contributed by atoms with Crippen LogP contribution in [0.4, 0.5) is 8.78 Å². The fourth-order valence-electron chi connectivity index (χ4n) is 3.79. The van der Waals surface area contributed by atoms with Crippen molar-refractivity contribution in [2.24, 2.45) is 5.41 Å². The number of hydrogen-bond donors (Lipinski definition) is 1. The van der Waals surface area contributed by atoms with E-state index in [1.54, 1.807) is 12.1 Å². The van der Waals surface area contributed by atoms with E-state index in [9.17, 15) is 8.78 Å². The number of hydrogen-bond acceptors (Lipinski definition) is 4. The quantitative estimate of drug-likeness (QED) is 0.902. The molecule has 2 aliphatic rings. The predicted octanol–water partition coefficient (Wildman–Crippen LogP) is 2.87. The molecule has 0 aromatic heterocycles. The van der Waals surface area contributed by atoms with E-state index in [4.69, 9.17) is 4.74 Å². The van der Waals surface area contributed by atoms with Gasteiger partial charge in [-0.05, 0) is 62.0 Å². The second-order valence-corrected chi connectivity index (χ2v) is 6.57. The molecule has 3 rings (SSSR count). The number of ether oxygens (including phenoxy) is 2. The van der Waals surface area contributed by atoms with Crippen LogP contribution in [0.15, 0.2) is 18.2 Å². The first-order valence-corrected chi connectivity index (χ1v) is 8.15. The van der Waals surface area contributed by atoms with E-state index in [0.717, 1.165) is 38.3 Å². The zero-order chi connectivity index (χ0) is 16.3. The van der Waals surface area contributed by atoms with Crippen LogP contribution in [0.25, 0.3) is 0 Å². The van der Waals surface area contributed by atoms with Gasteiger partial charge in [0.2, 0.25) is 0 Å². The van der Waals surface area contributed by atoms with Crippen LogP contribution in [0, 0.1) is 5.41 Å². The van der Waals surface area contributed by atoms with Gasteiger partial charge in [0.05, 0.1) is 7.11 Å². The molecular formula is C17H24F2N2O2. The minimum atomic E-state index is -2.84. The van der Waals surface area contributed by atoms with Crippen molar-refractivity contribution in [3.8, 4) is 11.5 Å². The number of nitrogens with one attached hydrogen (secondary N) is 1. The standard InChI is InChI=1S/C17H24F2N2O2/c1-22-15-10-13(2-3-14(15)23-16(18)19)11-21-9-6-17(12-21)4-7-20-8-5-17/h2-3,10,16,20H,4-9,11-12H2,1H3. The summed E-state index contributed by atoms with van der Waals surface area (Å²) in [6.07, 6.45) is 3.74. The number of likely N-dealkylation sites (tertiary alicyclic amines) is 1. The Kier molecular flexibility index (Phi) is 5.02. The van der Waals surface area contributed by atoms with Crippen molar-refractivity contribution in [1.29, 1.82) is 0 Å². The lowest BCUT2D eigenvalue weighted by atomic mass is 9.78. The Bertz CT molecular complexity index is 533. The number of piperidine rings is 1. The average molecular weight is 326 g/mol. The first-order chi connectivity index (χ1) is 11.1. The van der Waals surface area contributed by atoms with Gasteiger partial charge in [-0.3, -0.25) is 4.90 Å². The lowest BCUT2D eigenvalue weighted by molar-refractivity contribution is -0.0512. The van der Waals surface area contributed by atoms with Gasteiger partial charge in [0, 0.05) is 13.1 Å². The summed E-state index contributed by atoms with van der Waals surface area (Å²) in [4.78, 5) is 2.45. The second kappa shape index (κ2) is 7.01. The highest BCUT2D eigenvalue weighted by Crippen LogP contribution is 2.39. The van der Waals surface area contributed by atoms with Gasteiger partial charge < -0.3 is 14.8 Å². The fourth-order valence-corrected chi connectivity index (χ4v) is 3.79. The minimum absolute atomic E-state index is 0.0856. The van der Waals surface area contributed by atoms with E-state index in [2.05, 4.69) is 15.0 Å². The number of nitrogens with zero attached hydrogens (tertiary/aromatic N) is 1. The van der Waals surface area contributed by atoms with Crippen LogP contribution in [0.1, 0.15) is 24.8 Å². The molecule has 2 aliphatic heterocycles. The normalized spacial score (nSPS) is 21.0. The Morgan fingerprint density at radius 2 is 2.00 bits per heavy atom. The second-order valence-electron chi connectivity index (χ2n) is 6.57. The molecule has 1 spiro atoms. The molecule has 0 unspecified atom stereocenters. The van der Waals surface area contributed by atoms with Crippen molar-refractivity contribution in [3.05, 3.63) is 23.8 Å². The van der Waals surface area contributed by atoms with E-state index >= 15 is 0 Å². The molecule has 1 aromatic carbocycles. The molecule has 128 valence electrons. The summed E-state index contributed by atoms with van der Waals surface area (Å²) in [5.41, 5.74) is 1.53. The highest BCUT2D eigenvalue weighted by atomic mass is 19.3. The monoisotopic (exact) mass is 326 g/mol. The van der Waals surface area contributed by atoms with Crippen molar-refractivity contribution in [3.63, 3.8) is 0 Å². The molecule has 23 heavy (non-hydrogen) atoms. The van der Waals surface area contributed by atoms with Crippen molar-refractivity contribution >= 4 is 0 Å². The van der Waals surface area contributed by atoms with Crippen molar-refractivity contribution in [1.82, 2.24) is 10.2 Å². The van der Waals surface area contributed by atoms with Crippen LogP contribution < -0.4 is 14.8 Å². The first kappa shape index (κ1) is 16.5. The summed E-state index contributed by atoms with van der Waals surface area (Å²) in [7, 11) is 1.47. The van der Waals surface area contributed by atoms with Gasteiger partial charge in [0.25, 0.3) is 0 Å². The zero-order valence-electron chi connectivity index (χ0n) is 13.5. The summed E-state index contributed by atoms with van der Waals surface area (Å²) in [5.74, 6) is 0.445. The molecule has 2 fully saturated rings. The molecule has 4 nitrogen and oxygen atoms in total. The minimum Gasteiger partial charge on any atom is -0.493 e. The van der Waals surface area contributed by atoms with E-state index in [1.165, 1.54) is 26.4 Å². The van der Waals surface area contributed by atoms with Crippen molar-refractivity contribution in [2.45, 2.75) is 32.4 Å². The SMILES string of the molecule is COc1cc(CN2CCC3(CCNCC3)C2)ccc1OC(F)F. The summed E-state index contributed by atoms with van der Waals surface area (Å²) < 4.78 is 34.4. The van der Waals surface area contributed by atoms with Crippen molar-refractivity contribution in [2.75, 3.05) is 33.3 Å². The Labute approximate surface area is 135 Å². The number of rotatable bonds is 5. The highest BCUT2D eigenvalue weighted by molar-refractivity contribution is 5.43. The van der Waals surface area contributed by atoms with Gasteiger partial charge in [-0.2, -0.15) is 8.78 Å². The molecule has 0 radical (unpaired) electrons. The molecule has 0 aliphatic carbocycles. The zero-order valence-corrected chi connectivity index (χ0v) is 13.5. The van der Waals surface area contributed by atoms with E-state index < -0.39 is 6.61 Å². The van der Waals surface area contributed by atoms with Crippen LogP contribution in [0.3, 0.4) is 0 Å². The topological polar surface area (TPSA) is 33.7 Å². The largest absolute Gasteiger partial charge is 0.493 e. The summed E-state index contributed by atoms with van der Waals surface area (Å²) >= 11 is 0. The maximum atomic E-state index is 12.4. The van der Waals surface area contributed by atoms with E-state index in [-0.39, 0.29) is 5.75 Å². The molecular weight excluding hydrogens is 302 g/mol. The fraction of sp³-hybridized carbons (Fsp3) is 0.647. The molecule has 6 heteroatoms. The molecule has 0 saturated carbocycles. The smallest absolute Gasteiger partial charge is 0.387 e. The molecule has 2 saturated heterocycles. The Hall–Kier alpha value is -1.40. The number of methoxy groups -OCH3 is 1. The Balaban J connectivity index is 1.64. The average Bonchev–Trinajstić information content (AvgIpc) is 2.91. The van der Waals surface area contributed by atoms with Crippen molar-refractivity contribution < 1.29 is 18.3 Å². The van der Waals surface area contributed by atoms with Gasteiger partial charge in [-0.1, -0.05) is 6.07 Å². The van der Waals surface area contributed by atoms with E-state index in [1.807, 2.05) is 6.07 Å². The van der Waals surface area contributed by atoms with Gasteiger partial charge in [0.15, 0.2) is 11.5 Å². The molecule has 0 atom stereocenters. The third-order valence-corrected chi connectivity index (χ3v) is 5.03. The Morgan fingerprint density at radius 1 is 1.22 bits per heavy atom. The number of halogens is 2. The van der Waals surface area contributed by atoms with Gasteiger partial charge in [0.1, 0.15) is 0 Å². The lowest BCUT2D eigenvalue weighted by Crippen LogP contribution is -2.38. The number of benzene rings is 1. The third-order valence-electron chi connectivity index (χ3n) is 5.03. The molecule has 0 bridgehead atoms. The molecule has 2 heterocycles. The maximum absolute atomic E-state index is 12.4. The molecule has 1 aromatic rings. The molecule has 0 amide bonds. The predicted molar refractivity (Wildman–Crippen MR) is 84.1 cm³/mol. The van der Waals surface area contributed by atoms with Gasteiger partial charge >= 0.3 is 6.61 Å². The lowest BCUT2D eigenvalue weighted by Gasteiger charge is -2.34. The molecule has 1 N–H and O–H groups in total. The summed E-state index contributed by atoms with van der Waals surface area (Å²) in [6.45, 7) is 2.42. The van der Waals surface area contributed by atoms with E-state index in [0.29, 0.717) is 11.2 Å². The van der Waals surface area contributed by atoms with Crippen LogP contribution in [-0.4, -0.2) is 44.8 Å². The highest BCUT2D eigenvalue weighted by Gasteiger charge is 2.38. The number of alkyl halides is 2. The first-order valence-electron chi connectivity index (χ1n) is 8.15. The van der Waals surface area contributed by atoms with Gasteiger partial charge in [-0.25, -0.2) is 0 Å². The van der Waals surface area contributed by atoms with Crippen LogP contribution in [-0.2, 0) is 6.54 Å². The maximum Gasteiger partial charge on any atom is 0.387 e. The Morgan fingerprint density at radius 3 is 2.70 bits per heavy atom. The van der Waals surface area contributed by atoms with Crippen LogP contribution in [0.2, 0.25) is 0 Å². The third kappa shape index (κ3) is 3.93. The summed E-state index contributed by atoms with van der Waals surface area (Å²) in [5, 5.41) is 3.43. The van der Waals surface area contributed by atoms with Gasteiger partial charge in [-0.15, -0.1) is 0 Å². The summed E-state index contributed by atoms with van der Waals surface area (Å²) in [6, 6.07) is 5.20.